The van der Waals surface area contributed by atoms with Crippen LogP contribution in [-0.4, -0.2) is 38.6 Å². The highest BCUT2D eigenvalue weighted by Crippen LogP contribution is 2.20. The van der Waals surface area contributed by atoms with Crippen molar-refractivity contribution in [2.45, 2.75) is 12.5 Å². The second-order valence-corrected chi connectivity index (χ2v) is 6.78. The molecule has 0 aliphatic carbocycles. The van der Waals surface area contributed by atoms with Crippen molar-refractivity contribution >= 4 is 21.8 Å². The molecule has 1 N–H and O–H groups in total. The lowest BCUT2D eigenvalue weighted by Gasteiger charge is -2.25. The molecule has 0 saturated carbocycles. The highest BCUT2D eigenvalue weighted by molar-refractivity contribution is 9.10. The van der Waals surface area contributed by atoms with Crippen LogP contribution in [0.15, 0.2) is 53.0 Å². The first kappa shape index (κ1) is 18.5. The fourth-order valence-corrected chi connectivity index (χ4v) is 2.75. The van der Waals surface area contributed by atoms with Crippen LogP contribution in [0.2, 0.25) is 0 Å². The number of halogens is 1. The van der Waals surface area contributed by atoms with Gasteiger partial charge in [0.1, 0.15) is 5.75 Å². The van der Waals surface area contributed by atoms with E-state index in [2.05, 4.69) is 26.1 Å². The van der Waals surface area contributed by atoms with Crippen molar-refractivity contribution in [1.82, 2.24) is 10.2 Å². The third-order valence-corrected chi connectivity index (χ3v) is 4.42. The van der Waals surface area contributed by atoms with Crippen LogP contribution < -0.4 is 10.1 Å². The number of carbonyl (C=O) groups excluding carboxylic acids is 1. The number of hydrogen-bond donors (Lipinski definition) is 1. The van der Waals surface area contributed by atoms with Crippen molar-refractivity contribution in [3.05, 3.63) is 64.1 Å². The minimum atomic E-state index is 0.0256. The predicted molar refractivity (Wildman–Crippen MR) is 100 cm³/mol. The molecule has 0 unspecified atom stereocenters. The molecule has 0 bridgehead atoms. The van der Waals surface area contributed by atoms with E-state index in [1.807, 2.05) is 62.6 Å². The Morgan fingerprint density at radius 1 is 1.12 bits per heavy atom. The quantitative estimate of drug-likeness (QED) is 0.787. The van der Waals surface area contributed by atoms with Gasteiger partial charge in [-0.2, -0.15) is 0 Å². The molecule has 0 aliphatic rings. The average molecular weight is 391 g/mol. The topological polar surface area (TPSA) is 41.6 Å². The first-order valence-corrected chi connectivity index (χ1v) is 8.60. The molecular weight excluding hydrogens is 368 g/mol. The largest absolute Gasteiger partial charge is 0.497 e. The Bertz CT molecular complexity index is 654. The number of likely N-dealkylation sites (N-methyl/N-ethyl adjacent to an activating group) is 1. The number of nitrogens with one attached hydrogen (secondary N) is 1. The van der Waals surface area contributed by atoms with Crippen molar-refractivity contribution < 1.29 is 9.53 Å². The molecule has 0 heterocycles. The van der Waals surface area contributed by atoms with Crippen LogP contribution >= 0.6 is 15.9 Å². The first-order valence-electron chi connectivity index (χ1n) is 7.81. The molecule has 0 spiro atoms. The molecule has 4 nitrogen and oxygen atoms in total. The van der Waals surface area contributed by atoms with Crippen LogP contribution in [0.25, 0.3) is 0 Å². The minimum Gasteiger partial charge on any atom is -0.497 e. The van der Waals surface area contributed by atoms with Gasteiger partial charge in [0.15, 0.2) is 0 Å². The summed E-state index contributed by atoms with van der Waals surface area (Å²) in [6.07, 6.45) is 0.385. The van der Waals surface area contributed by atoms with Crippen LogP contribution in [0.5, 0.6) is 5.75 Å². The lowest BCUT2D eigenvalue weighted by Crippen LogP contribution is -2.35. The van der Waals surface area contributed by atoms with Gasteiger partial charge < -0.3 is 15.0 Å². The van der Waals surface area contributed by atoms with E-state index in [0.29, 0.717) is 13.0 Å². The molecule has 1 atom stereocenters. The van der Waals surface area contributed by atoms with E-state index in [0.717, 1.165) is 21.3 Å². The van der Waals surface area contributed by atoms with Gasteiger partial charge >= 0.3 is 0 Å². The summed E-state index contributed by atoms with van der Waals surface area (Å²) in [5.41, 5.74) is 2.14. The van der Waals surface area contributed by atoms with Gasteiger partial charge in [0.25, 0.3) is 0 Å². The first-order chi connectivity index (χ1) is 11.5. The maximum atomic E-state index is 12.2. The van der Waals surface area contributed by atoms with E-state index in [9.17, 15) is 4.79 Å². The van der Waals surface area contributed by atoms with Crippen LogP contribution in [0.1, 0.15) is 17.2 Å². The molecule has 1 amide bonds. The zero-order valence-corrected chi connectivity index (χ0v) is 15.8. The molecule has 0 radical (unpaired) electrons. The van der Waals surface area contributed by atoms with E-state index < -0.39 is 0 Å². The molecule has 24 heavy (non-hydrogen) atoms. The standard InChI is InChI=1S/C19H23BrN2O2/c1-22(2)18(15-6-10-17(24-3)11-7-15)13-21-19(23)12-14-4-8-16(20)9-5-14/h4-11,18H,12-13H2,1-3H3,(H,21,23)/t18-/m1/s1. The Kier molecular flexibility index (Phi) is 6.82. The number of carbonyl (C=O) groups is 1. The summed E-state index contributed by atoms with van der Waals surface area (Å²) in [5.74, 6) is 0.855. The van der Waals surface area contributed by atoms with Gasteiger partial charge in [0.05, 0.1) is 19.6 Å². The second-order valence-electron chi connectivity index (χ2n) is 5.86. The third kappa shape index (κ3) is 5.35. The molecule has 0 aromatic heterocycles. The van der Waals surface area contributed by atoms with Gasteiger partial charge in [0.2, 0.25) is 5.91 Å². The summed E-state index contributed by atoms with van der Waals surface area (Å²) in [6, 6.07) is 15.9. The average Bonchev–Trinajstić information content (AvgIpc) is 2.57. The molecule has 5 heteroatoms. The maximum absolute atomic E-state index is 12.2. The summed E-state index contributed by atoms with van der Waals surface area (Å²) < 4.78 is 6.21. The van der Waals surface area contributed by atoms with Gasteiger partial charge in [-0.25, -0.2) is 0 Å². The summed E-state index contributed by atoms with van der Waals surface area (Å²) in [4.78, 5) is 14.3. The summed E-state index contributed by atoms with van der Waals surface area (Å²) in [7, 11) is 5.67. The number of nitrogens with zero attached hydrogens (tertiary/aromatic N) is 1. The number of benzene rings is 2. The van der Waals surface area contributed by atoms with E-state index in [4.69, 9.17) is 4.74 Å². The number of rotatable bonds is 7. The zero-order valence-electron chi connectivity index (χ0n) is 14.3. The molecule has 2 aromatic carbocycles. The van der Waals surface area contributed by atoms with E-state index >= 15 is 0 Å². The van der Waals surface area contributed by atoms with Crippen molar-refractivity contribution in [2.24, 2.45) is 0 Å². The molecule has 2 aromatic rings. The Morgan fingerprint density at radius 2 is 1.75 bits per heavy atom. The molecule has 2 rings (SSSR count). The Morgan fingerprint density at radius 3 is 2.29 bits per heavy atom. The maximum Gasteiger partial charge on any atom is 0.224 e. The van der Waals surface area contributed by atoms with Crippen LogP contribution in [0.3, 0.4) is 0 Å². The van der Waals surface area contributed by atoms with Crippen LogP contribution in [-0.2, 0) is 11.2 Å². The highest BCUT2D eigenvalue weighted by Gasteiger charge is 2.15. The number of ether oxygens (including phenoxy) is 1. The van der Waals surface area contributed by atoms with Gasteiger partial charge in [-0.15, -0.1) is 0 Å². The van der Waals surface area contributed by atoms with Crippen molar-refractivity contribution in [3.63, 3.8) is 0 Å². The van der Waals surface area contributed by atoms with Gasteiger partial charge in [0, 0.05) is 11.0 Å². The Hall–Kier alpha value is -1.85. The predicted octanol–water partition coefficient (Wildman–Crippen LogP) is 3.42. The Balaban J connectivity index is 1.95. The monoisotopic (exact) mass is 390 g/mol. The number of methoxy groups -OCH3 is 1. The Labute approximate surface area is 151 Å². The molecule has 0 aliphatic heterocycles. The van der Waals surface area contributed by atoms with Crippen molar-refractivity contribution in [2.75, 3.05) is 27.7 Å². The zero-order chi connectivity index (χ0) is 17.5. The number of amides is 1. The van der Waals surface area contributed by atoms with Crippen LogP contribution in [0.4, 0.5) is 0 Å². The summed E-state index contributed by atoms with van der Waals surface area (Å²) in [6.45, 7) is 0.564. The molecule has 128 valence electrons. The minimum absolute atomic E-state index is 0.0256. The van der Waals surface area contributed by atoms with Gasteiger partial charge in [-0.05, 0) is 49.5 Å². The van der Waals surface area contributed by atoms with Gasteiger partial charge in [-0.3, -0.25) is 4.79 Å². The smallest absolute Gasteiger partial charge is 0.224 e. The fourth-order valence-electron chi connectivity index (χ4n) is 2.49. The lowest BCUT2D eigenvalue weighted by molar-refractivity contribution is -0.120. The SMILES string of the molecule is COc1ccc([C@@H](CNC(=O)Cc2ccc(Br)cc2)N(C)C)cc1. The van der Waals surface area contributed by atoms with Crippen molar-refractivity contribution in [1.29, 1.82) is 0 Å². The van der Waals surface area contributed by atoms with Crippen molar-refractivity contribution in [3.8, 4) is 5.75 Å². The number of hydrogen-bond acceptors (Lipinski definition) is 3. The molecular formula is C19H23BrN2O2. The fraction of sp³-hybridized carbons (Fsp3) is 0.316. The normalized spacial score (nSPS) is 12.0. The lowest BCUT2D eigenvalue weighted by atomic mass is 10.1. The molecule has 0 fully saturated rings. The molecule has 0 saturated heterocycles. The summed E-state index contributed by atoms with van der Waals surface area (Å²) >= 11 is 3.40. The van der Waals surface area contributed by atoms with Crippen LogP contribution in [0, 0.1) is 0 Å². The summed E-state index contributed by atoms with van der Waals surface area (Å²) in [5, 5.41) is 3.03. The second kappa shape index (κ2) is 8.85. The highest BCUT2D eigenvalue weighted by atomic mass is 79.9. The van der Waals surface area contributed by atoms with E-state index in [1.54, 1.807) is 7.11 Å². The van der Waals surface area contributed by atoms with Gasteiger partial charge in [-0.1, -0.05) is 40.2 Å². The van der Waals surface area contributed by atoms with E-state index in [1.165, 1.54) is 0 Å². The van der Waals surface area contributed by atoms with E-state index in [-0.39, 0.29) is 11.9 Å². The third-order valence-electron chi connectivity index (χ3n) is 3.89.